The second kappa shape index (κ2) is 6.22. The van der Waals surface area contributed by atoms with Gasteiger partial charge in [0.25, 0.3) is 5.91 Å². The predicted octanol–water partition coefficient (Wildman–Crippen LogP) is 3.55. The van der Waals surface area contributed by atoms with Gasteiger partial charge >= 0.3 is 0 Å². The smallest absolute Gasteiger partial charge is 0.253 e. The van der Waals surface area contributed by atoms with E-state index in [1.165, 1.54) is 12.3 Å². The van der Waals surface area contributed by atoms with Gasteiger partial charge in [-0.1, -0.05) is 44.0 Å². The third kappa shape index (κ3) is 3.86. The first kappa shape index (κ1) is 14.3. The summed E-state index contributed by atoms with van der Waals surface area (Å²) in [6.07, 6.45) is 2.31. The number of amides is 1. The molecule has 0 aromatic carbocycles. The molecular weight excluding hydrogens is 259 g/mol. The van der Waals surface area contributed by atoms with Gasteiger partial charge in [0.1, 0.15) is 5.15 Å². The minimum Gasteiger partial charge on any atom is -0.349 e. The van der Waals surface area contributed by atoms with E-state index in [0.29, 0.717) is 11.5 Å². The van der Waals surface area contributed by atoms with Crippen LogP contribution in [0.1, 0.15) is 37.6 Å². The lowest BCUT2D eigenvalue weighted by Crippen LogP contribution is -2.38. The molecule has 1 amide bonds. The van der Waals surface area contributed by atoms with Crippen LogP contribution in [0.3, 0.4) is 0 Å². The van der Waals surface area contributed by atoms with Crippen LogP contribution in [-0.4, -0.2) is 16.9 Å². The molecule has 1 rings (SSSR count). The number of hydrogen-bond donors (Lipinski definition) is 1. The summed E-state index contributed by atoms with van der Waals surface area (Å²) in [6, 6.07) is 1.68. The first-order valence-corrected chi connectivity index (χ1v) is 6.33. The fraction of sp³-hybridized carbons (Fsp3) is 0.500. The zero-order chi connectivity index (χ0) is 13.0. The van der Waals surface area contributed by atoms with E-state index in [4.69, 9.17) is 23.2 Å². The van der Waals surface area contributed by atoms with E-state index >= 15 is 0 Å². The van der Waals surface area contributed by atoms with Crippen molar-refractivity contribution < 1.29 is 4.79 Å². The Morgan fingerprint density at radius 2 is 2.12 bits per heavy atom. The third-order valence-electron chi connectivity index (χ3n) is 2.62. The lowest BCUT2D eigenvalue weighted by Gasteiger charge is -2.20. The molecule has 0 aliphatic carbocycles. The van der Waals surface area contributed by atoms with E-state index < -0.39 is 0 Å². The SMILES string of the molecule is CCC(NC(=O)c1cnc(Cl)c(Cl)c1)C(C)C. The molecule has 1 heterocycles. The Balaban J connectivity index is 2.79. The van der Waals surface area contributed by atoms with Gasteiger partial charge < -0.3 is 5.32 Å². The first-order chi connectivity index (χ1) is 7.95. The zero-order valence-corrected chi connectivity index (χ0v) is 11.6. The average molecular weight is 275 g/mol. The van der Waals surface area contributed by atoms with Crippen molar-refractivity contribution in [3.05, 3.63) is 28.0 Å². The van der Waals surface area contributed by atoms with E-state index in [-0.39, 0.29) is 22.1 Å². The normalized spacial score (nSPS) is 12.6. The van der Waals surface area contributed by atoms with Gasteiger partial charge in [0, 0.05) is 12.2 Å². The summed E-state index contributed by atoms with van der Waals surface area (Å²) in [5.41, 5.74) is 0.429. The number of aromatic nitrogens is 1. The maximum atomic E-state index is 11.9. The van der Waals surface area contributed by atoms with Gasteiger partial charge in [-0.3, -0.25) is 4.79 Å². The van der Waals surface area contributed by atoms with Crippen LogP contribution in [0.25, 0.3) is 0 Å². The van der Waals surface area contributed by atoms with Crippen LogP contribution in [0, 0.1) is 5.92 Å². The maximum absolute atomic E-state index is 11.9. The minimum absolute atomic E-state index is 0.150. The van der Waals surface area contributed by atoms with E-state index in [9.17, 15) is 4.79 Å². The maximum Gasteiger partial charge on any atom is 0.253 e. The first-order valence-electron chi connectivity index (χ1n) is 5.57. The van der Waals surface area contributed by atoms with Crippen molar-refractivity contribution in [3.63, 3.8) is 0 Å². The molecule has 1 aromatic rings. The number of hydrogen-bond acceptors (Lipinski definition) is 2. The number of carbonyl (C=O) groups is 1. The lowest BCUT2D eigenvalue weighted by atomic mass is 10.0. The van der Waals surface area contributed by atoms with Crippen LogP contribution in [0.15, 0.2) is 12.3 Å². The van der Waals surface area contributed by atoms with E-state index in [0.717, 1.165) is 6.42 Å². The summed E-state index contributed by atoms with van der Waals surface area (Å²) in [6.45, 7) is 6.18. The van der Waals surface area contributed by atoms with Gasteiger partial charge in [-0.25, -0.2) is 4.98 Å². The van der Waals surface area contributed by atoms with Gasteiger partial charge in [0.05, 0.1) is 10.6 Å². The summed E-state index contributed by atoms with van der Waals surface area (Å²) >= 11 is 11.5. The monoisotopic (exact) mass is 274 g/mol. The summed E-state index contributed by atoms with van der Waals surface area (Å²) < 4.78 is 0. The summed E-state index contributed by atoms with van der Waals surface area (Å²) in [5, 5.41) is 3.44. The number of pyridine rings is 1. The number of carbonyl (C=O) groups excluding carboxylic acids is 1. The Bertz CT molecular complexity index is 407. The molecule has 3 nitrogen and oxygen atoms in total. The number of nitrogens with zero attached hydrogens (tertiary/aromatic N) is 1. The molecule has 0 saturated carbocycles. The Labute approximate surface area is 112 Å². The largest absolute Gasteiger partial charge is 0.349 e. The molecule has 5 heteroatoms. The molecule has 0 radical (unpaired) electrons. The Morgan fingerprint density at radius 1 is 1.47 bits per heavy atom. The third-order valence-corrected chi connectivity index (χ3v) is 3.31. The van der Waals surface area contributed by atoms with Crippen molar-refractivity contribution in [1.82, 2.24) is 10.3 Å². The average Bonchev–Trinajstić information content (AvgIpc) is 2.28. The molecule has 1 atom stereocenters. The quantitative estimate of drug-likeness (QED) is 0.854. The van der Waals surface area contributed by atoms with Crippen molar-refractivity contribution in [2.45, 2.75) is 33.2 Å². The highest BCUT2D eigenvalue weighted by molar-refractivity contribution is 6.41. The Kier molecular flexibility index (Phi) is 5.22. The predicted molar refractivity (Wildman–Crippen MR) is 70.6 cm³/mol. The highest BCUT2D eigenvalue weighted by atomic mass is 35.5. The van der Waals surface area contributed by atoms with E-state index in [1.54, 1.807) is 0 Å². The zero-order valence-electron chi connectivity index (χ0n) is 10.1. The van der Waals surface area contributed by atoms with Crippen molar-refractivity contribution in [2.75, 3.05) is 0 Å². The number of rotatable bonds is 4. The number of nitrogens with one attached hydrogen (secondary N) is 1. The number of halogens is 2. The molecule has 0 bridgehead atoms. The second-order valence-corrected chi connectivity index (χ2v) is 4.99. The van der Waals surface area contributed by atoms with Crippen molar-refractivity contribution in [2.24, 2.45) is 5.92 Å². The Morgan fingerprint density at radius 3 is 2.59 bits per heavy atom. The van der Waals surface area contributed by atoms with Gasteiger partial charge in [-0.15, -0.1) is 0 Å². The molecule has 1 N–H and O–H groups in total. The molecule has 1 aromatic heterocycles. The molecule has 17 heavy (non-hydrogen) atoms. The van der Waals surface area contributed by atoms with Crippen molar-refractivity contribution in [3.8, 4) is 0 Å². The molecule has 0 spiro atoms. The molecule has 94 valence electrons. The lowest BCUT2D eigenvalue weighted by molar-refractivity contribution is 0.0924. The van der Waals surface area contributed by atoms with Crippen molar-refractivity contribution in [1.29, 1.82) is 0 Å². The van der Waals surface area contributed by atoms with Gasteiger partial charge in [-0.2, -0.15) is 0 Å². The van der Waals surface area contributed by atoms with Crippen LogP contribution in [0.2, 0.25) is 10.2 Å². The van der Waals surface area contributed by atoms with Crippen LogP contribution in [-0.2, 0) is 0 Å². The minimum atomic E-state index is -0.170. The Hall–Kier alpha value is -0.800. The standard InChI is InChI=1S/C12H16Cl2N2O/c1-4-10(7(2)3)16-12(17)8-5-9(13)11(14)15-6-8/h5-7,10H,4H2,1-3H3,(H,16,17). The molecule has 1 unspecified atom stereocenters. The summed E-state index contributed by atoms with van der Waals surface area (Å²) in [5.74, 6) is 0.219. The van der Waals surface area contributed by atoms with Crippen LogP contribution in [0.5, 0.6) is 0 Å². The second-order valence-electron chi connectivity index (χ2n) is 4.23. The molecular formula is C12H16Cl2N2O. The van der Waals surface area contributed by atoms with Crippen LogP contribution in [0.4, 0.5) is 0 Å². The molecule has 0 fully saturated rings. The van der Waals surface area contributed by atoms with Gasteiger partial charge in [0.2, 0.25) is 0 Å². The van der Waals surface area contributed by atoms with Crippen LogP contribution >= 0.6 is 23.2 Å². The highest BCUT2D eigenvalue weighted by Gasteiger charge is 2.16. The topological polar surface area (TPSA) is 42.0 Å². The van der Waals surface area contributed by atoms with Gasteiger partial charge in [0.15, 0.2) is 0 Å². The van der Waals surface area contributed by atoms with E-state index in [2.05, 4.69) is 24.1 Å². The summed E-state index contributed by atoms with van der Waals surface area (Å²) in [4.78, 5) is 15.8. The van der Waals surface area contributed by atoms with Crippen molar-refractivity contribution >= 4 is 29.1 Å². The van der Waals surface area contributed by atoms with E-state index in [1.807, 2.05) is 6.92 Å². The highest BCUT2D eigenvalue weighted by Crippen LogP contribution is 2.19. The fourth-order valence-corrected chi connectivity index (χ4v) is 1.81. The summed E-state index contributed by atoms with van der Waals surface area (Å²) in [7, 11) is 0. The molecule has 0 aliphatic rings. The molecule has 0 aliphatic heterocycles. The van der Waals surface area contributed by atoms with Crippen LogP contribution < -0.4 is 5.32 Å². The van der Waals surface area contributed by atoms with Gasteiger partial charge in [-0.05, 0) is 18.4 Å². The molecule has 0 saturated heterocycles. The fourth-order valence-electron chi connectivity index (χ4n) is 1.54.